The third-order valence-corrected chi connectivity index (χ3v) is 3.80. The number of likely N-dealkylation sites (tertiary alicyclic amines) is 1. The Balaban J connectivity index is 1.55. The van der Waals surface area contributed by atoms with E-state index in [-0.39, 0.29) is 0 Å². The second-order valence-electron chi connectivity index (χ2n) is 5.06. The van der Waals surface area contributed by atoms with Gasteiger partial charge in [-0.2, -0.15) is 5.10 Å². The molecule has 0 bridgehead atoms. The van der Waals surface area contributed by atoms with Crippen molar-refractivity contribution in [1.29, 1.82) is 0 Å². The van der Waals surface area contributed by atoms with Crippen LogP contribution in [-0.4, -0.2) is 43.8 Å². The maximum Gasteiger partial charge on any atom is 0.137 e. The van der Waals surface area contributed by atoms with E-state index >= 15 is 0 Å². The minimum Gasteiger partial charge on any atom is -0.298 e. The molecule has 5 nitrogen and oxygen atoms in total. The van der Waals surface area contributed by atoms with Gasteiger partial charge >= 0.3 is 0 Å². The molecule has 3 heterocycles. The monoisotopic (exact) mass is 257 g/mol. The van der Waals surface area contributed by atoms with Gasteiger partial charge in [0.15, 0.2) is 0 Å². The van der Waals surface area contributed by atoms with Crippen molar-refractivity contribution in [3.8, 4) is 0 Å². The fourth-order valence-corrected chi connectivity index (χ4v) is 2.76. The maximum atomic E-state index is 4.20. The van der Waals surface area contributed by atoms with Crippen molar-refractivity contribution in [3.63, 3.8) is 0 Å². The van der Waals surface area contributed by atoms with E-state index in [0.29, 0.717) is 6.04 Å². The van der Waals surface area contributed by atoms with Crippen LogP contribution in [0.15, 0.2) is 37.2 Å². The molecule has 0 radical (unpaired) electrons. The first-order chi connectivity index (χ1) is 9.42. The molecule has 0 spiro atoms. The van der Waals surface area contributed by atoms with Crippen LogP contribution in [0.2, 0.25) is 0 Å². The molecule has 0 aromatic carbocycles. The van der Waals surface area contributed by atoms with Crippen molar-refractivity contribution in [2.75, 3.05) is 13.1 Å². The summed E-state index contributed by atoms with van der Waals surface area (Å²) in [5.41, 5.74) is 1.36. The highest BCUT2D eigenvalue weighted by molar-refractivity contribution is 5.10. The molecule has 5 heteroatoms. The van der Waals surface area contributed by atoms with Gasteiger partial charge in [0.05, 0.1) is 6.54 Å². The quantitative estimate of drug-likeness (QED) is 0.812. The first-order valence-corrected chi connectivity index (χ1v) is 6.87. The average molecular weight is 257 g/mol. The van der Waals surface area contributed by atoms with E-state index in [4.69, 9.17) is 0 Å². The van der Waals surface area contributed by atoms with Gasteiger partial charge in [-0.25, -0.2) is 4.98 Å². The molecule has 1 atom stereocenters. The smallest absolute Gasteiger partial charge is 0.137 e. The maximum absolute atomic E-state index is 4.20. The van der Waals surface area contributed by atoms with Gasteiger partial charge in [0.25, 0.3) is 0 Å². The van der Waals surface area contributed by atoms with Gasteiger partial charge in [-0.1, -0.05) is 0 Å². The van der Waals surface area contributed by atoms with Crippen molar-refractivity contribution in [1.82, 2.24) is 24.6 Å². The van der Waals surface area contributed by atoms with E-state index in [1.807, 2.05) is 17.1 Å². The van der Waals surface area contributed by atoms with Crippen LogP contribution in [0, 0.1) is 0 Å². The third-order valence-electron chi connectivity index (χ3n) is 3.80. The average Bonchev–Trinajstić information content (AvgIpc) is 3.10. The van der Waals surface area contributed by atoms with Crippen LogP contribution < -0.4 is 0 Å². The van der Waals surface area contributed by atoms with Crippen LogP contribution in [0.1, 0.15) is 18.4 Å². The summed E-state index contributed by atoms with van der Waals surface area (Å²) in [7, 11) is 0. The summed E-state index contributed by atoms with van der Waals surface area (Å²) in [6, 6.07) is 4.80. The van der Waals surface area contributed by atoms with Crippen LogP contribution in [0.5, 0.6) is 0 Å². The molecule has 1 aliphatic heterocycles. The molecule has 100 valence electrons. The molecule has 2 aromatic rings. The van der Waals surface area contributed by atoms with E-state index in [1.54, 1.807) is 12.7 Å². The summed E-state index contributed by atoms with van der Waals surface area (Å²) in [5, 5.41) is 4.20. The van der Waals surface area contributed by atoms with Gasteiger partial charge in [-0.05, 0) is 43.5 Å². The third kappa shape index (κ3) is 3.17. The summed E-state index contributed by atoms with van der Waals surface area (Å²) in [6.07, 6.45) is 10.8. The van der Waals surface area contributed by atoms with Crippen LogP contribution in [0.3, 0.4) is 0 Å². The van der Waals surface area contributed by atoms with Crippen LogP contribution in [0.4, 0.5) is 0 Å². The zero-order valence-electron chi connectivity index (χ0n) is 11.0. The fraction of sp³-hybridized carbons (Fsp3) is 0.500. The minimum absolute atomic E-state index is 0.600. The lowest BCUT2D eigenvalue weighted by atomic mass is 10.1. The van der Waals surface area contributed by atoms with E-state index in [0.717, 1.165) is 19.5 Å². The minimum atomic E-state index is 0.600. The largest absolute Gasteiger partial charge is 0.298 e. The Morgan fingerprint density at radius 1 is 1.21 bits per heavy atom. The predicted octanol–water partition coefficient (Wildman–Crippen LogP) is 1.38. The summed E-state index contributed by atoms with van der Waals surface area (Å²) in [6.45, 7) is 3.27. The van der Waals surface area contributed by atoms with E-state index < -0.39 is 0 Å². The molecule has 0 amide bonds. The standard InChI is InChI=1S/C14H19N5/c1-2-14(10-19-12-16-11-17-19)18(8-1)9-5-13-3-6-15-7-4-13/h3-4,6-7,11-12,14H,1-2,5,8-10H2/t14-/m0/s1. The SMILES string of the molecule is c1cc(CCN2CCC[C@H]2Cn2cncn2)ccn1. The lowest BCUT2D eigenvalue weighted by molar-refractivity contribution is 0.229. The molecular weight excluding hydrogens is 238 g/mol. The fourth-order valence-electron chi connectivity index (χ4n) is 2.76. The van der Waals surface area contributed by atoms with Crippen molar-refractivity contribution >= 4 is 0 Å². The van der Waals surface area contributed by atoms with E-state index in [9.17, 15) is 0 Å². The first-order valence-electron chi connectivity index (χ1n) is 6.87. The van der Waals surface area contributed by atoms with Gasteiger partial charge in [-0.3, -0.25) is 14.6 Å². The summed E-state index contributed by atoms with van der Waals surface area (Å²) < 4.78 is 1.94. The molecule has 0 aliphatic carbocycles. The van der Waals surface area contributed by atoms with Crippen molar-refractivity contribution in [2.24, 2.45) is 0 Å². The Kier molecular flexibility index (Phi) is 3.83. The van der Waals surface area contributed by atoms with Gasteiger partial charge in [0.1, 0.15) is 12.7 Å². The highest BCUT2D eigenvalue weighted by Gasteiger charge is 2.24. The molecule has 1 aliphatic rings. The number of hydrogen-bond donors (Lipinski definition) is 0. The topological polar surface area (TPSA) is 46.8 Å². The molecule has 19 heavy (non-hydrogen) atoms. The zero-order chi connectivity index (χ0) is 12.9. The molecule has 1 saturated heterocycles. The van der Waals surface area contributed by atoms with Gasteiger partial charge < -0.3 is 0 Å². The van der Waals surface area contributed by atoms with Gasteiger partial charge in [-0.15, -0.1) is 0 Å². The molecule has 3 rings (SSSR count). The second-order valence-corrected chi connectivity index (χ2v) is 5.06. The number of aromatic nitrogens is 4. The number of rotatable bonds is 5. The van der Waals surface area contributed by atoms with Crippen LogP contribution in [-0.2, 0) is 13.0 Å². The Labute approximate surface area is 113 Å². The Hall–Kier alpha value is -1.75. The van der Waals surface area contributed by atoms with Gasteiger partial charge in [0.2, 0.25) is 0 Å². The van der Waals surface area contributed by atoms with E-state index in [1.165, 1.54) is 24.9 Å². The van der Waals surface area contributed by atoms with Crippen LogP contribution in [0.25, 0.3) is 0 Å². The number of pyridine rings is 1. The highest BCUT2D eigenvalue weighted by atomic mass is 15.3. The molecule has 2 aromatic heterocycles. The number of hydrogen-bond acceptors (Lipinski definition) is 4. The molecular formula is C14H19N5. The van der Waals surface area contributed by atoms with Gasteiger partial charge in [0, 0.05) is 25.0 Å². The van der Waals surface area contributed by atoms with Crippen molar-refractivity contribution in [3.05, 3.63) is 42.7 Å². The highest BCUT2D eigenvalue weighted by Crippen LogP contribution is 2.18. The second kappa shape index (κ2) is 5.93. The lowest BCUT2D eigenvalue weighted by Crippen LogP contribution is -2.34. The van der Waals surface area contributed by atoms with Crippen LogP contribution >= 0.6 is 0 Å². The first kappa shape index (κ1) is 12.3. The lowest BCUT2D eigenvalue weighted by Gasteiger charge is -2.24. The molecule has 0 N–H and O–H groups in total. The molecule has 1 fully saturated rings. The van der Waals surface area contributed by atoms with Crippen molar-refractivity contribution in [2.45, 2.75) is 31.8 Å². The normalized spacial score (nSPS) is 19.9. The zero-order valence-corrected chi connectivity index (χ0v) is 11.0. The molecule has 0 saturated carbocycles. The Bertz CT molecular complexity index is 482. The number of nitrogens with zero attached hydrogens (tertiary/aromatic N) is 5. The summed E-state index contributed by atoms with van der Waals surface area (Å²) in [4.78, 5) is 10.6. The predicted molar refractivity (Wildman–Crippen MR) is 72.6 cm³/mol. The summed E-state index contributed by atoms with van der Waals surface area (Å²) in [5.74, 6) is 0. The van der Waals surface area contributed by atoms with Crippen molar-refractivity contribution < 1.29 is 0 Å². The molecule has 0 unspecified atom stereocenters. The Morgan fingerprint density at radius 3 is 2.89 bits per heavy atom. The van der Waals surface area contributed by atoms with E-state index in [2.05, 4.69) is 32.1 Å². The summed E-state index contributed by atoms with van der Waals surface area (Å²) >= 11 is 0. The Morgan fingerprint density at radius 2 is 2.11 bits per heavy atom.